The average molecular weight is 571 g/mol. The summed E-state index contributed by atoms with van der Waals surface area (Å²) in [5.41, 5.74) is 0. The molecule has 0 aromatic carbocycles. The lowest BCUT2D eigenvalue weighted by Crippen LogP contribution is -2.50. The Morgan fingerprint density at radius 3 is 1.05 bits per heavy atom. The van der Waals surface area contributed by atoms with Crippen LogP contribution in [-0.4, -0.2) is 107 Å². The topological polar surface area (TPSA) is 130 Å². The molecule has 0 radical (unpaired) electrons. The van der Waals surface area contributed by atoms with Gasteiger partial charge in [0.1, 0.15) is 0 Å². The predicted octanol–water partition coefficient (Wildman–Crippen LogP) is 0.541. The first-order valence-electron chi connectivity index (χ1n) is 12.9. The third-order valence-electron chi connectivity index (χ3n) is 8.79. The third kappa shape index (κ3) is 4.54. The van der Waals surface area contributed by atoms with E-state index >= 15 is 0 Å². The largest absolute Gasteiger partial charge is 0.500 e. The van der Waals surface area contributed by atoms with Crippen molar-refractivity contribution in [2.24, 2.45) is 35.5 Å². The van der Waals surface area contributed by atoms with E-state index in [9.17, 15) is 19.2 Å². The Bertz CT molecular complexity index is 849. The van der Waals surface area contributed by atoms with Crippen LogP contribution in [0.2, 0.25) is 12.1 Å². The van der Waals surface area contributed by atoms with Gasteiger partial charge in [0.05, 0.1) is 23.7 Å². The maximum Gasteiger partial charge on any atom is 0.500 e. The van der Waals surface area contributed by atoms with E-state index in [0.29, 0.717) is 24.9 Å². The second-order valence-electron chi connectivity index (χ2n) is 10.1. The maximum absolute atomic E-state index is 13.5. The molecular weight excluding hydrogens is 532 g/mol. The molecule has 2 bridgehead atoms. The highest BCUT2D eigenvalue weighted by molar-refractivity contribution is 6.60. The van der Waals surface area contributed by atoms with E-state index in [2.05, 4.69) is 0 Å². The van der Waals surface area contributed by atoms with Crippen LogP contribution in [-0.2, 0) is 45.7 Å². The molecule has 1 saturated carbocycles. The quantitative estimate of drug-likeness (QED) is 0.166. The first-order valence-corrected chi connectivity index (χ1v) is 16.7. The first-order chi connectivity index (χ1) is 18.2. The number of hydrogen-bond acceptors (Lipinski definition) is 10. The van der Waals surface area contributed by atoms with Gasteiger partial charge in [-0.1, -0.05) is 12.2 Å². The molecule has 0 N–H and O–H groups in total. The molecule has 14 heteroatoms. The van der Waals surface area contributed by atoms with E-state index in [0.717, 1.165) is 0 Å². The van der Waals surface area contributed by atoms with Crippen molar-refractivity contribution in [1.82, 2.24) is 9.80 Å². The number of likely N-dealkylation sites (tertiary alicyclic amines) is 2. The van der Waals surface area contributed by atoms with Gasteiger partial charge in [-0.05, 0) is 12.8 Å². The van der Waals surface area contributed by atoms with Gasteiger partial charge < -0.3 is 26.6 Å². The fourth-order valence-corrected chi connectivity index (χ4v) is 10.2. The van der Waals surface area contributed by atoms with Crippen LogP contribution in [0.5, 0.6) is 0 Å². The highest BCUT2D eigenvalue weighted by Crippen LogP contribution is 2.57. The molecule has 0 aromatic rings. The Balaban J connectivity index is 1.46. The Morgan fingerprint density at radius 1 is 0.553 bits per heavy atom. The summed E-state index contributed by atoms with van der Waals surface area (Å²) >= 11 is 0. The van der Waals surface area contributed by atoms with Crippen molar-refractivity contribution in [1.29, 1.82) is 0 Å². The molecule has 0 spiro atoms. The molecule has 12 nitrogen and oxygen atoms in total. The van der Waals surface area contributed by atoms with Gasteiger partial charge in [-0.25, -0.2) is 0 Å². The van der Waals surface area contributed by atoms with Crippen LogP contribution in [0.25, 0.3) is 0 Å². The second kappa shape index (κ2) is 11.4. The Kier molecular flexibility index (Phi) is 8.74. The number of carbonyl (C=O) groups is 4. The standard InChI is InChI=1S/C24H38N2O10Si2/c1-31-37(32-2,33-3)13-7-11-25-21(27)17-15-9-10-16(18(17)22(25)28)20-19(15)23(29)26(24(20)30)12-8-14-38(34-4,35-5)36-6/h9-10,15-20H,7-8,11-14H2,1-6H3. The van der Waals surface area contributed by atoms with Crippen LogP contribution in [0.4, 0.5) is 0 Å². The van der Waals surface area contributed by atoms with Gasteiger partial charge in [-0.3, -0.25) is 29.0 Å². The SMILES string of the molecule is CO[Si](CCCN1C(=O)C2C3C=CC(C2C1=O)C1C(=O)N(CCC[Si](OC)(OC)OC)C(=O)C31)(OC)OC. The van der Waals surface area contributed by atoms with Crippen LogP contribution >= 0.6 is 0 Å². The minimum atomic E-state index is -2.84. The van der Waals surface area contributed by atoms with Crippen molar-refractivity contribution in [2.45, 2.75) is 24.9 Å². The number of carbonyl (C=O) groups excluding carboxylic acids is 4. The monoisotopic (exact) mass is 570 g/mol. The highest BCUT2D eigenvalue weighted by Gasteiger charge is 2.68. The average Bonchev–Trinajstić information content (AvgIpc) is 3.37. The molecule has 2 aliphatic heterocycles. The van der Waals surface area contributed by atoms with Gasteiger partial charge in [0.2, 0.25) is 23.6 Å². The molecule has 2 saturated heterocycles. The summed E-state index contributed by atoms with van der Waals surface area (Å²) in [7, 11) is 3.43. The molecule has 4 atom stereocenters. The zero-order chi connectivity index (χ0) is 27.8. The van der Waals surface area contributed by atoms with Gasteiger partial charge >= 0.3 is 17.6 Å². The third-order valence-corrected chi connectivity index (χ3v) is 14.5. The van der Waals surface area contributed by atoms with Crippen LogP contribution in [0.3, 0.4) is 0 Å². The van der Waals surface area contributed by atoms with Crippen molar-refractivity contribution in [3.63, 3.8) is 0 Å². The molecule has 3 aliphatic carbocycles. The van der Waals surface area contributed by atoms with Gasteiger partial charge in [0, 0.05) is 79.7 Å². The molecule has 0 aromatic heterocycles. The molecule has 4 amide bonds. The maximum atomic E-state index is 13.5. The van der Waals surface area contributed by atoms with Crippen LogP contribution in [0, 0.1) is 35.5 Å². The minimum Gasteiger partial charge on any atom is -0.377 e. The Labute approximate surface area is 225 Å². The fourth-order valence-electron chi connectivity index (χ4n) is 6.81. The smallest absolute Gasteiger partial charge is 0.377 e. The van der Waals surface area contributed by atoms with Gasteiger partial charge in [-0.2, -0.15) is 0 Å². The van der Waals surface area contributed by atoms with Crippen LogP contribution in [0.15, 0.2) is 12.2 Å². The molecule has 212 valence electrons. The second-order valence-corrected chi connectivity index (χ2v) is 16.3. The molecule has 38 heavy (non-hydrogen) atoms. The first kappa shape index (κ1) is 29.2. The predicted molar refractivity (Wildman–Crippen MR) is 136 cm³/mol. The molecule has 2 heterocycles. The molecular formula is C24H38N2O10Si2. The molecule has 3 fully saturated rings. The van der Waals surface area contributed by atoms with E-state index in [4.69, 9.17) is 26.6 Å². The van der Waals surface area contributed by atoms with Crippen LogP contribution in [0.1, 0.15) is 12.8 Å². The zero-order valence-electron chi connectivity index (χ0n) is 22.8. The molecule has 5 rings (SSSR count). The van der Waals surface area contributed by atoms with E-state index in [1.165, 1.54) is 52.5 Å². The summed E-state index contributed by atoms with van der Waals surface area (Å²) in [5.74, 6) is -4.54. The zero-order valence-corrected chi connectivity index (χ0v) is 24.8. The number of rotatable bonds is 14. The summed E-state index contributed by atoms with van der Waals surface area (Å²) in [6.45, 7) is 0.421. The van der Waals surface area contributed by atoms with Crippen molar-refractivity contribution in [3.8, 4) is 0 Å². The summed E-state index contributed by atoms with van der Waals surface area (Å²) < 4.78 is 32.6. The Hall–Kier alpha value is -1.79. The normalized spacial score (nSPS) is 30.6. The lowest BCUT2D eigenvalue weighted by molar-refractivity contribution is -0.140. The van der Waals surface area contributed by atoms with E-state index in [1.807, 2.05) is 12.2 Å². The molecule has 5 aliphatic rings. The number of allylic oxidation sites excluding steroid dienone is 2. The van der Waals surface area contributed by atoms with Crippen molar-refractivity contribution < 1.29 is 45.7 Å². The van der Waals surface area contributed by atoms with E-state index < -0.39 is 53.1 Å². The van der Waals surface area contributed by atoms with Gasteiger partial charge in [-0.15, -0.1) is 0 Å². The minimum absolute atomic E-state index is 0.211. The molecule has 4 unspecified atom stereocenters. The number of nitrogens with zero attached hydrogens (tertiary/aromatic N) is 2. The van der Waals surface area contributed by atoms with Gasteiger partial charge in [0.25, 0.3) is 0 Å². The fraction of sp³-hybridized carbons (Fsp3) is 0.750. The highest BCUT2D eigenvalue weighted by atomic mass is 28.4. The van der Waals surface area contributed by atoms with Crippen LogP contribution < -0.4 is 0 Å². The number of hydrogen-bond donors (Lipinski definition) is 0. The lowest BCUT2D eigenvalue weighted by atomic mass is 9.54. The summed E-state index contributed by atoms with van der Waals surface area (Å²) in [6, 6.07) is 0.898. The van der Waals surface area contributed by atoms with Crippen molar-refractivity contribution in [3.05, 3.63) is 12.2 Å². The van der Waals surface area contributed by atoms with E-state index in [1.54, 1.807) is 0 Å². The number of imide groups is 2. The van der Waals surface area contributed by atoms with E-state index in [-0.39, 0.29) is 36.7 Å². The van der Waals surface area contributed by atoms with Crippen molar-refractivity contribution >= 4 is 41.2 Å². The number of amides is 4. The van der Waals surface area contributed by atoms with Gasteiger partial charge in [0.15, 0.2) is 0 Å². The van der Waals surface area contributed by atoms with Crippen molar-refractivity contribution in [2.75, 3.05) is 55.7 Å². The lowest BCUT2D eigenvalue weighted by Gasteiger charge is -2.44. The summed E-state index contributed by atoms with van der Waals surface area (Å²) in [4.78, 5) is 56.5. The summed E-state index contributed by atoms with van der Waals surface area (Å²) in [6.07, 6.45) is 4.67. The summed E-state index contributed by atoms with van der Waals surface area (Å²) in [5, 5.41) is 0. The Morgan fingerprint density at radius 2 is 0.816 bits per heavy atom.